The molecule has 0 saturated carbocycles. The zero-order valence-electron chi connectivity index (χ0n) is 19.0. The average Bonchev–Trinajstić information content (AvgIpc) is 3.31. The van der Waals surface area contributed by atoms with E-state index >= 15 is 0 Å². The zero-order chi connectivity index (χ0) is 23.9. The normalized spacial score (nSPS) is 24.9. The Morgan fingerprint density at radius 1 is 1.22 bits per heavy atom. The van der Waals surface area contributed by atoms with Crippen molar-refractivity contribution < 1.29 is 43.2 Å². The van der Waals surface area contributed by atoms with Crippen molar-refractivity contribution in [2.24, 2.45) is 5.41 Å². The number of rotatable bonds is 8. The van der Waals surface area contributed by atoms with E-state index in [1.54, 1.807) is 13.8 Å². The molecular formula is C22H29NO9. The van der Waals surface area contributed by atoms with Gasteiger partial charge in [-0.25, -0.2) is 4.79 Å². The summed E-state index contributed by atoms with van der Waals surface area (Å²) in [6, 6.07) is -0.00694. The smallest absolute Gasteiger partial charge is 0.337 e. The lowest BCUT2D eigenvalue weighted by atomic mass is 9.81. The van der Waals surface area contributed by atoms with E-state index in [4.69, 9.17) is 18.6 Å². The van der Waals surface area contributed by atoms with Gasteiger partial charge in [-0.1, -0.05) is 0 Å². The van der Waals surface area contributed by atoms with Crippen molar-refractivity contribution in [3.05, 3.63) is 11.5 Å². The molecule has 0 spiro atoms. The van der Waals surface area contributed by atoms with Crippen molar-refractivity contribution in [1.29, 1.82) is 0 Å². The molecule has 0 radical (unpaired) electrons. The van der Waals surface area contributed by atoms with Crippen LogP contribution < -0.4 is 14.8 Å². The van der Waals surface area contributed by atoms with Crippen LogP contribution in [0.2, 0.25) is 0 Å². The Hall–Kier alpha value is -2.43. The second-order valence-electron chi connectivity index (χ2n) is 10.6. The van der Waals surface area contributed by atoms with Gasteiger partial charge in [0.1, 0.15) is 6.10 Å². The molecule has 10 heteroatoms. The van der Waals surface area contributed by atoms with Crippen LogP contribution in [0.3, 0.4) is 0 Å². The van der Waals surface area contributed by atoms with Crippen molar-refractivity contribution in [2.45, 2.75) is 83.1 Å². The number of carbonyl (C=O) groups excluding carboxylic acids is 3. The standard InChI is InChI=1S/C22H29NO9/c1-19(2,27)8-12(21(5,6)28)30-17(25)22-7-10-13(14(15(22)29-10)32-18(22)26)31-16(24)20(3,4)11-9-23-11/h11-12,23,27-28H,7-9H2,1-6H3. The first-order valence-corrected chi connectivity index (χ1v) is 10.6. The minimum absolute atomic E-state index is 0.00327. The predicted octanol–water partition coefficient (Wildman–Crippen LogP) is 0.740. The summed E-state index contributed by atoms with van der Waals surface area (Å²) in [6.07, 6.45) is -1.37. The lowest BCUT2D eigenvalue weighted by Crippen LogP contribution is -2.50. The van der Waals surface area contributed by atoms with E-state index in [9.17, 15) is 24.6 Å². The number of hydrogen-bond donors (Lipinski definition) is 3. The van der Waals surface area contributed by atoms with Gasteiger partial charge in [0.2, 0.25) is 16.9 Å². The molecule has 10 nitrogen and oxygen atoms in total. The van der Waals surface area contributed by atoms with Gasteiger partial charge >= 0.3 is 17.9 Å². The van der Waals surface area contributed by atoms with Crippen LogP contribution in [0.5, 0.6) is 11.5 Å². The SMILES string of the molecule is CC(C)(O)CC(OC(=O)C12Cc3oc1c(c3OC(=O)C(C)(C)C1CN1)OC2=O)C(C)(C)O. The van der Waals surface area contributed by atoms with Crippen molar-refractivity contribution in [3.63, 3.8) is 0 Å². The van der Waals surface area contributed by atoms with Gasteiger partial charge in [-0.05, 0) is 41.5 Å². The Bertz CT molecular complexity index is 990. The quantitative estimate of drug-likeness (QED) is 0.293. The van der Waals surface area contributed by atoms with E-state index < -0.39 is 46.0 Å². The number of ether oxygens (including phenoxy) is 3. The molecule has 1 fully saturated rings. The predicted molar refractivity (Wildman–Crippen MR) is 108 cm³/mol. The summed E-state index contributed by atoms with van der Waals surface area (Å²) in [5, 5.41) is 23.7. The van der Waals surface area contributed by atoms with E-state index in [2.05, 4.69) is 5.32 Å². The fourth-order valence-electron chi connectivity index (χ4n) is 4.01. The third-order valence-corrected chi connectivity index (χ3v) is 6.32. The first kappa shape index (κ1) is 22.8. The van der Waals surface area contributed by atoms with Crippen LogP contribution in [0.4, 0.5) is 0 Å². The van der Waals surface area contributed by atoms with E-state index in [1.165, 1.54) is 27.7 Å². The monoisotopic (exact) mass is 451 g/mol. The fraction of sp³-hybridized carbons (Fsp3) is 0.682. The zero-order valence-corrected chi connectivity index (χ0v) is 19.0. The number of fused-ring (bicyclic) bond motifs is 1. The molecule has 3 unspecified atom stereocenters. The molecule has 4 heterocycles. The van der Waals surface area contributed by atoms with E-state index in [0.717, 1.165) is 0 Å². The Balaban J connectivity index is 1.58. The number of furan rings is 1. The summed E-state index contributed by atoms with van der Waals surface area (Å²) in [5.41, 5.74) is -5.36. The number of hydrogen-bond acceptors (Lipinski definition) is 10. The first-order chi connectivity index (χ1) is 14.6. The first-order valence-electron chi connectivity index (χ1n) is 10.6. The Kier molecular flexibility index (Phi) is 4.83. The molecule has 4 rings (SSSR count). The Morgan fingerprint density at radius 3 is 2.38 bits per heavy atom. The molecule has 0 aromatic carbocycles. The number of aliphatic hydroxyl groups is 2. The Labute approximate surface area is 185 Å². The highest BCUT2D eigenvalue weighted by Crippen LogP contribution is 2.58. The molecule has 176 valence electrons. The summed E-state index contributed by atoms with van der Waals surface area (Å²) < 4.78 is 22.0. The van der Waals surface area contributed by atoms with Crippen molar-refractivity contribution in [2.75, 3.05) is 6.54 Å². The number of carbonyl (C=O) groups is 3. The maximum atomic E-state index is 13.2. The van der Waals surface area contributed by atoms with Gasteiger partial charge < -0.3 is 34.2 Å². The number of esters is 3. The largest absolute Gasteiger partial charge is 0.458 e. The van der Waals surface area contributed by atoms with Crippen LogP contribution in [0.15, 0.2) is 4.42 Å². The summed E-state index contributed by atoms with van der Waals surface area (Å²) in [7, 11) is 0. The highest BCUT2D eigenvalue weighted by molar-refractivity contribution is 6.11. The van der Waals surface area contributed by atoms with Crippen LogP contribution in [0.25, 0.3) is 0 Å². The highest BCUT2D eigenvalue weighted by Gasteiger charge is 2.67. The van der Waals surface area contributed by atoms with Crippen LogP contribution in [0, 0.1) is 5.41 Å². The molecule has 32 heavy (non-hydrogen) atoms. The van der Waals surface area contributed by atoms with Crippen molar-refractivity contribution in [1.82, 2.24) is 5.32 Å². The minimum atomic E-state index is -1.85. The molecule has 2 bridgehead atoms. The number of nitrogens with one attached hydrogen (secondary N) is 1. The summed E-state index contributed by atoms with van der Waals surface area (Å²) in [4.78, 5) is 38.7. The summed E-state index contributed by atoms with van der Waals surface area (Å²) in [6.45, 7) is 10.1. The fourth-order valence-corrected chi connectivity index (χ4v) is 4.01. The molecule has 1 aromatic heterocycles. The van der Waals surface area contributed by atoms with E-state index in [-0.39, 0.29) is 41.9 Å². The van der Waals surface area contributed by atoms with Gasteiger partial charge in [0, 0.05) is 25.4 Å². The summed E-state index contributed by atoms with van der Waals surface area (Å²) in [5.74, 6) is -2.37. The van der Waals surface area contributed by atoms with Gasteiger partial charge in [0.15, 0.2) is 11.5 Å². The second-order valence-corrected chi connectivity index (χ2v) is 10.6. The lowest BCUT2D eigenvalue weighted by Gasteiger charge is -2.34. The minimum Gasteiger partial charge on any atom is -0.458 e. The maximum absolute atomic E-state index is 13.2. The lowest BCUT2D eigenvalue weighted by molar-refractivity contribution is -0.177. The van der Waals surface area contributed by atoms with Crippen LogP contribution >= 0.6 is 0 Å². The molecule has 1 aromatic rings. The highest BCUT2D eigenvalue weighted by atomic mass is 16.6. The topological polar surface area (TPSA) is 154 Å². The molecule has 0 aliphatic carbocycles. The van der Waals surface area contributed by atoms with Gasteiger partial charge in [0.25, 0.3) is 0 Å². The molecule has 3 N–H and O–H groups in total. The second kappa shape index (κ2) is 6.79. The van der Waals surface area contributed by atoms with Crippen molar-refractivity contribution >= 4 is 17.9 Å². The van der Waals surface area contributed by atoms with Gasteiger partial charge in [-0.2, -0.15) is 0 Å². The third kappa shape index (κ3) is 3.50. The van der Waals surface area contributed by atoms with Crippen LogP contribution in [0.1, 0.15) is 59.5 Å². The molecule has 3 aliphatic heterocycles. The molecular weight excluding hydrogens is 422 g/mol. The van der Waals surface area contributed by atoms with Crippen LogP contribution in [-0.4, -0.2) is 58.0 Å². The molecule has 0 amide bonds. The molecule has 3 atom stereocenters. The summed E-state index contributed by atoms with van der Waals surface area (Å²) >= 11 is 0. The van der Waals surface area contributed by atoms with E-state index in [1.807, 2.05) is 0 Å². The van der Waals surface area contributed by atoms with Gasteiger partial charge in [-0.3, -0.25) is 9.59 Å². The third-order valence-electron chi connectivity index (χ3n) is 6.32. The van der Waals surface area contributed by atoms with Crippen molar-refractivity contribution in [3.8, 4) is 11.5 Å². The molecule has 1 saturated heterocycles. The van der Waals surface area contributed by atoms with Gasteiger partial charge in [-0.15, -0.1) is 0 Å². The van der Waals surface area contributed by atoms with E-state index in [0.29, 0.717) is 6.54 Å². The van der Waals surface area contributed by atoms with Crippen LogP contribution in [-0.2, 0) is 31.0 Å². The average molecular weight is 451 g/mol. The Morgan fingerprint density at radius 2 is 1.84 bits per heavy atom. The maximum Gasteiger partial charge on any atom is 0.337 e. The molecule has 3 aliphatic rings. The van der Waals surface area contributed by atoms with Gasteiger partial charge in [0.05, 0.1) is 16.6 Å².